The third-order valence-electron chi connectivity index (χ3n) is 3.25. The lowest BCUT2D eigenvalue weighted by atomic mass is 9.92. The van der Waals surface area contributed by atoms with Crippen molar-refractivity contribution in [2.75, 3.05) is 0 Å². The zero-order chi connectivity index (χ0) is 15.4. The minimum Gasteiger partial charge on any atom is -0.481 e. The normalized spacial score (nSPS) is 12.1. The molecule has 2 rings (SSSR count). The molecule has 5 heteroatoms. The highest BCUT2D eigenvalue weighted by Gasteiger charge is 2.21. The van der Waals surface area contributed by atoms with E-state index in [-0.39, 0.29) is 12.8 Å². The SMILES string of the molecule is O=C(O)C(Cc1cc(Br)ccc1F)Cc1ccccc1Cl. The Morgan fingerprint density at radius 2 is 1.86 bits per heavy atom. The smallest absolute Gasteiger partial charge is 0.307 e. The van der Waals surface area contributed by atoms with Gasteiger partial charge in [0.15, 0.2) is 0 Å². The van der Waals surface area contributed by atoms with Crippen molar-refractivity contribution in [2.45, 2.75) is 12.8 Å². The molecule has 0 amide bonds. The number of carboxylic acids is 1. The lowest BCUT2D eigenvalue weighted by Gasteiger charge is -2.14. The first-order valence-electron chi connectivity index (χ1n) is 6.37. The van der Waals surface area contributed by atoms with Crippen LogP contribution >= 0.6 is 27.5 Å². The lowest BCUT2D eigenvalue weighted by Crippen LogP contribution is -2.20. The molecule has 0 aliphatic heterocycles. The van der Waals surface area contributed by atoms with Crippen LogP contribution in [-0.4, -0.2) is 11.1 Å². The van der Waals surface area contributed by atoms with Crippen LogP contribution in [0.25, 0.3) is 0 Å². The Hall–Kier alpha value is -1.39. The van der Waals surface area contributed by atoms with Crippen molar-refractivity contribution in [3.05, 3.63) is 68.9 Å². The van der Waals surface area contributed by atoms with Gasteiger partial charge in [-0.1, -0.05) is 45.7 Å². The Kier molecular flexibility index (Phi) is 5.37. The summed E-state index contributed by atoms with van der Waals surface area (Å²) in [5.41, 5.74) is 1.13. The van der Waals surface area contributed by atoms with Crippen LogP contribution in [-0.2, 0) is 17.6 Å². The molecule has 0 aliphatic carbocycles. The Labute approximate surface area is 135 Å². The summed E-state index contributed by atoms with van der Waals surface area (Å²) in [6.45, 7) is 0. The van der Waals surface area contributed by atoms with Gasteiger partial charge in [0.1, 0.15) is 5.82 Å². The highest BCUT2D eigenvalue weighted by molar-refractivity contribution is 9.10. The van der Waals surface area contributed by atoms with E-state index < -0.39 is 17.7 Å². The third kappa shape index (κ3) is 4.29. The van der Waals surface area contributed by atoms with Crippen LogP contribution in [0.4, 0.5) is 4.39 Å². The number of rotatable bonds is 5. The highest BCUT2D eigenvalue weighted by Crippen LogP contribution is 2.24. The van der Waals surface area contributed by atoms with Gasteiger partial charge in [0.25, 0.3) is 0 Å². The van der Waals surface area contributed by atoms with Gasteiger partial charge in [-0.2, -0.15) is 0 Å². The molecule has 2 nitrogen and oxygen atoms in total. The second kappa shape index (κ2) is 7.05. The summed E-state index contributed by atoms with van der Waals surface area (Å²) >= 11 is 9.32. The maximum absolute atomic E-state index is 13.8. The van der Waals surface area contributed by atoms with Gasteiger partial charge in [-0.15, -0.1) is 0 Å². The molecule has 1 atom stereocenters. The molecule has 21 heavy (non-hydrogen) atoms. The molecule has 0 fully saturated rings. The topological polar surface area (TPSA) is 37.3 Å². The van der Waals surface area contributed by atoms with Gasteiger partial charge in [0, 0.05) is 9.50 Å². The zero-order valence-electron chi connectivity index (χ0n) is 11.0. The molecule has 110 valence electrons. The Bertz CT molecular complexity index is 660. The number of aliphatic carboxylic acids is 1. The summed E-state index contributed by atoms with van der Waals surface area (Å²) in [5, 5.41) is 9.90. The summed E-state index contributed by atoms with van der Waals surface area (Å²) in [7, 11) is 0. The molecular formula is C16H13BrClFO2. The van der Waals surface area contributed by atoms with Gasteiger partial charge in [0.05, 0.1) is 5.92 Å². The number of hydrogen-bond acceptors (Lipinski definition) is 1. The molecule has 1 unspecified atom stereocenters. The van der Waals surface area contributed by atoms with E-state index in [9.17, 15) is 14.3 Å². The van der Waals surface area contributed by atoms with Crippen LogP contribution in [0, 0.1) is 11.7 Å². The van der Waals surface area contributed by atoms with E-state index in [1.54, 1.807) is 36.4 Å². The van der Waals surface area contributed by atoms with E-state index >= 15 is 0 Å². The molecule has 2 aromatic carbocycles. The minimum atomic E-state index is -0.964. The molecule has 0 saturated carbocycles. The third-order valence-corrected chi connectivity index (χ3v) is 4.11. The molecular weight excluding hydrogens is 359 g/mol. The molecule has 1 N–H and O–H groups in total. The van der Waals surface area contributed by atoms with E-state index in [0.29, 0.717) is 10.6 Å². The van der Waals surface area contributed by atoms with E-state index in [1.807, 2.05) is 0 Å². The summed E-state index contributed by atoms with van der Waals surface area (Å²) in [5.74, 6) is -2.09. The summed E-state index contributed by atoms with van der Waals surface area (Å²) in [4.78, 5) is 11.4. The maximum atomic E-state index is 13.8. The second-order valence-corrected chi connectivity index (χ2v) is 6.09. The van der Waals surface area contributed by atoms with Crippen molar-refractivity contribution in [1.29, 1.82) is 0 Å². The standard InChI is InChI=1S/C16H13BrClFO2/c17-13-5-6-15(19)11(9-13)8-12(16(20)21)7-10-3-1-2-4-14(10)18/h1-6,9,12H,7-8H2,(H,20,21). The van der Waals surface area contributed by atoms with Gasteiger partial charge in [-0.25, -0.2) is 4.39 Å². The van der Waals surface area contributed by atoms with Crippen LogP contribution in [0.3, 0.4) is 0 Å². The van der Waals surface area contributed by atoms with Crippen molar-refractivity contribution >= 4 is 33.5 Å². The van der Waals surface area contributed by atoms with E-state index in [2.05, 4.69) is 15.9 Å². The number of hydrogen-bond donors (Lipinski definition) is 1. The largest absolute Gasteiger partial charge is 0.481 e. The summed E-state index contributed by atoms with van der Waals surface area (Å²) < 4.78 is 14.5. The first-order chi connectivity index (χ1) is 9.97. The van der Waals surface area contributed by atoms with E-state index in [1.165, 1.54) is 6.07 Å². The fourth-order valence-electron chi connectivity index (χ4n) is 2.14. The van der Waals surface area contributed by atoms with Gasteiger partial charge in [-0.05, 0) is 48.2 Å². The van der Waals surface area contributed by atoms with Gasteiger partial charge in [0.2, 0.25) is 0 Å². The van der Waals surface area contributed by atoms with E-state index in [0.717, 1.165) is 10.0 Å². The number of benzene rings is 2. The molecule has 2 aromatic rings. The lowest BCUT2D eigenvalue weighted by molar-refractivity contribution is -0.141. The predicted octanol–water partition coefficient (Wildman–Crippen LogP) is 4.73. The number of carboxylic acid groups (broad SMARTS) is 1. The number of carbonyl (C=O) groups is 1. The van der Waals surface area contributed by atoms with E-state index in [4.69, 9.17) is 11.6 Å². The first-order valence-corrected chi connectivity index (χ1v) is 7.54. The molecule has 0 radical (unpaired) electrons. The van der Waals surface area contributed by atoms with Crippen LogP contribution < -0.4 is 0 Å². The van der Waals surface area contributed by atoms with Crippen LogP contribution in [0.15, 0.2) is 46.9 Å². The monoisotopic (exact) mass is 370 g/mol. The van der Waals surface area contributed by atoms with Gasteiger partial charge < -0.3 is 5.11 Å². The Morgan fingerprint density at radius 1 is 1.19 bits per heavy atom. The Balaban J connectivity index is 2.22. The molecule has 0 aliphatic rings. The molecule has 0 saturated heterocycles. The van der Waals surface area contributed by atoms with Crippen molar-refractivity contribution in [1.82, 2.24) is 0 Å². The zero-order valence-corrected chi connectivity index (χ0v) is 13.4. The summed E-state index contributed by atoms with van der Waals surface area (Å²) in [6, 6.07) is 11.6. The fourth-order valence-corrected chi connectivity index (χ4v) is 2.76. The quantitative estimate of drug-likeness (QED) is 0.825. The molecule has 0 bridgehead atoms. The van der Waals surface area contributed by atoms with Gasteiger partial charge in [-0.3, -0.25) is 4.79 Å². The van der Waals surface area contributed by atoms with Crippen molar-refractivity contribution in [2.24, 2.45) is 5.92 Å². The van der Waals surface area contributed by atoms with Crippen LogP contribution in [0.2, 0.25) is 5.02 Å². The van der Waals surface area contributed by atoms with Crippen molar-refractivity contribution < 1.29 is 14.3 Å². The second-order valence-electron chi connectivity index (χ2n) is 4.77. The fraction of sp³-hybridized carbons (Fsp3) is 0.188. The number of halogens is 3. The molecule has 0 aromatic heterocycles. The van der Waals surface area contributed by atoms with Crippen LogP contribution in [0.1, 0.15) is 11.1 Å². The molecule has 0 heterocycles. The summed E-state index contributed by atoms with van der Waals surface area (Å²) in [6.07, 6.45) is 0.382. The average molecular weight is 372 g/mol. The minimum absolute atomic E-state index is 0.117. The maximum Gasteiger partial charge on any atom is 0.307 e. The van der Waals surface area contributed by atoms with Crippen LogP contribution in [0.5, 0.6) is 0 Å². The van der Waals surface area contributed by atoms with Crippen molar-refractivity contribution in [3.8, 4) is 0 Å². The van der Waals surface area contributed by atoms with Crippen molar-refractivity contribution in [3.63, 3.8) is 0 Å². The van der Waals surface area contributed by atoms with Gasteiger partial charge >= 0.3 is 5.97 Å². The first kappa shape index (κ1) is 16.0. The predicted molar refractivity (Wildman–Crippen MR) is 84.1 cm³/mol. The average Bonchev–Trinajstić information content (AvgIpc) is 2.44. The highest BCUT2D eigenvalue weighted by atomic mass is 79.9. The Morgan fingerprint density at radius 3 is 2.52 bits per heavy atom. The molecule has 0 spiro atoms.